The van der Waals surface area contributed by atoms with E-state index >= 15 is 0 Å². The highest BCUT2D eigenvalue weighted by molar-refractivity contribution is 6.10. The number of ketones is 1. The molecule has 2 heteroatoms. The van der Waals surface area contributed by atoms with Crippen molar-refractivity contribution in [3.05, 3.63) is 83.6 Å². The van der Waals surface area contributed by atoms with Crippen LogP contribution in [0.25, 0.3) is 0 Å². The van der Waals surface area contributed by atoms with Crippen molar-refractivity contribution >= 4 is 5.78 Å². The molecule has 2 rings (SSSR count). The maximum absolute atomic E-state index is 12.6. The minimum atomic E-state index is 0.0545. The largest absolute Gasteiger partial charge is 0.505 e. The summed E-state index contributed by atoms with van der Waals surface area (Å²) in [5.41, 5.74) is 2.46. The first-order chi connectivity index (χ1) is 9.74. The lowest BCUT2D eigenvalue weighted by atomic mass is 9.91. The van der Waals surface area contributed by atoms with Crippen molar-refractivity contribution < 1.29 is 9.53 Å². The third kappa shape index (κ3) is 3.15. The Bertz CT molecular complexity index is 600. The summed E-state index contributed by atoms with van der Waals surface area (Å²) >= 11 is 0. The molecular formula is C18H18O2. The van der Waals surface area contributed by atoms with Crippen molar-refractivity contribution in [2.24, 2.45) is 0 Å². The zero-order chi connectivity index (χ0) is 14.4. The second-order valence-electron chi connectivity index (χ2n) is 4.64. The SMILES string of the molecule is CO/C=C/C(C)c1ccccc1C(=O)c1ccccc1. The van der Waals surface area contributed by atoms with E-state index in [0.29, 0.717) is 5.56 Å². The van der Waals surface area contributed by atoms with Gasteiger partial charge in [0.15, 0.2) is 5.78 Å². The van der Waals surface area contributed by atoms with Gasteiger partial charge in [0.25, 0.3) is 0 Å². The lowest BCUT2D eigenvalue weighted by Gasteiger charge is -2.12. The van der Waals surface area contributed by atoms with Gasteiger partial charge in [0, 0.05) is 17.0 Å². The van der Waals surface area contributed by atoms with E-state index in [2.05, 4.69) is 0 Å². The summed E-state index contributed by atoms with van der Waals surface area (Å²) in [4.78, 5) is 12.6. The van der Waals surface area contributed by atoms with Gasteiger partial charge in [-0.3, -0.25) is 4.79 Å². The molecule has 1 atom stereocenters. The molecule has 0 radical (unpaired) electrons. The molecule has 102 valence electrons. The lowest BCUT2D eigenvalue weighted by Crippen LogP contribution is -2.06. The smallest absolute Gasteiger partial charge is 0.193 e. The molecule has 2 aromatic rings. The highest BCUT2D eigenvalue weighted by Crippen LogP contribution is 2.23. The topological polar surface area (TPSA) is 26.3 Å². The average molecular weight is 266 g/mol. The maximum atomic E-state index is 12.6. The highest BCUT2D eigenvalue weighted by atomic mass is 16.5. The number of rotatable bonds is 5. The highest BCUT2D eigenvalue weighted by Gasteiger charge is 2.15. The van der Waals surface area contributed by atoms with Gasteiger partial charge in [-0.1, -0.05) is 61.5 Å². The van der Waals surface area contributed by atoms with E-state index in [1.165, 1.54) is 0 Å². The van der Waals surface area contributed by atoms with Crippen molar-refractivity contribution in [2.75, 3.05) is 7.11 Å². The van der Waals surface area contributed by atoms with Gasteiger partial charge in [-0.2, -0.15) is 0 Å². The second kappa shape index (κ2) is 6.71. The quantitative estimate of drug-likeness (QED) is 0.599. The Kier molecular flexibility index (Phi) is 4.72. The molecule has 0 spiro atoms. The van der Waals surface area contributed by atoms with Crippen molar-refractivity contribution in [1.29, 1.82) is 0 Å². The van der Waals surface area contributed by atoms with E-state index in [9.17, 15) is 4.79 Å². The van der Waals surface area contributed by atoms with Crippen molar-refractivity contribution in [3.8, 4) is 0 Å². The first kappa shape index (κ1) is 14.1. The summed E-state index contributed by atoms with van der Waals surface area (Å²) in [6.45, 7) is 2.05. The van der Waals surface area contributed by atoms with Gasteiger partial charge in [0.1, 0.15) is 0 Å². The molecule has 2 aromatic carbocycles. The van der Waals surface area contributed by atoms with E-state index in [1.54, 1.807) is 13.4 Å². The molecule has 0 aromatic heterocycles. The monoisotopic (exact) mass is 266 g/mol. The van der Waals surface area contributed by atoms with Gasteiger partial charge in [0.05, 0.1) is 13.4 Å². The van der Waals surface area contributed by atoms with Crippen LogP contribution >= 0.6 is 0 Å². The van der Waals surface area contributed by atoms with Gasteiger partial charge in [-0.25, -0.2) is 0 Å². The number of carbonyl (C=O) groups is 1. The van der Waals surface area contributed by atoms with Crippen LogP contribution in [0.3, 0.4) is 0 Å². The molecule has 0 bridgehead atoms. The van der Waals surface area contributed by atoms with Crippen molar-refractivity contribution in [3.63, 3.8) is 0 Å². The van der Waals surface area contributed by atoms with Crippen molar-refractivity contribution in [1.82, 2.24) is 0 Å². The molecule has 0 aliphatic carbocycles. The summed E-state index contributed by atoms with van der Waals surface area (Å²) < 4.78 is 4.95. The third-order valence-electron chi connectivity index (χ3n) is 3.24. The first-order valence-electron chi connectivity index (χ1n) is 6.62. The molecule has 20 heavy (non-hydrogen) atoms. The Morgan fingerprint density at radius 3 is 2.40 bits per heavy atom. The minimum Gasteiger partial charge on any atom is -0.505 e. The number of allylic oxidation sites excluding steroid dienone is 1. The summed E-state index contributed by atoms with van der Waals surface area (Å²) in [5, 5.41) is 0. The van der Waals surface area contributed by atoms with E-state index in [0.717, 1.165) is 11.1 Å². The normalized spacial score (nSPS) is 12.3. The molecule has 0 amide bonds. The average Bonchev–Trinajstić information content (AvgIpc) is 2.52. The number of benzene rings is 2. The first-order valence-corrected chi connectivity index (χ1v) is 6.62. The molecular weight excluding hydrogens is 248 g/mol. The molecule has 0 fully saturated rings. The number of ether oxygens (including phenoxy) is 1. The van der Waals surface area contributed by atoms with Gasteiger partial charge in [0.2, 0.25) is 0 Å². The summed E-state index contributed by atoms with van der Waals surface area (Å²) in [6, 6.07) is 17.1. The van der Waals surface area contributed by atoms with Gasteiger partial charge < -0.3 is 4.74 Å². The number of methoxy groups -OCH3 is 1. The van der Waals surface area contributed by atoms with Crippen LogP contribution in [0.5, 0.6) is 0 Å². The van der Waals surface area contributed by atoms with Crippen LogP contribution in [0.2, 0.25) is 0 Å². The van der Waals surface area contributed by atoms with Crippen LogP contribution in [0, 0.1) is 0 Å². The zero-order valence-corrected chi connectivity index (χ0v) is 11.7. The summed E-state index contributed by atoms with van der Waals surface area (Å²) in [7, 11) is 1.62. The van der Waals surface area contributed by atoms with Gasteiger partial charge >= 0.3 is 0 Å². The molecule has 0 aliphatic heterocycles. The third-order valence-corrected chi connectivity index (χ3v) is 3.24. The van der Waals surface area contributed by atoms with Crippen LogP contribution < -0.4 is 0 Å². The second-order valence-corrected chi connectivity index (χ2v) is 4.64. The van der Waals surface area contributed by atoms with Gasteiger partial charge in [-0.05, 0) is 11.6 Å². The Morgan fingerprint density at radius 2 is 1.70 bits per heavy atom. The van der Waals surface area contributed by atoms with Crippen LogP contribution in [-0.4, -0.2) is 12.9 Å². The van der Waals surface area contributed by atoms with Crippen LogP contribution in [0.15, 0.2) is 66.9 Å². The van der Waals surface area contributed by atoms with E-state index in [-0.39, 0.29) is 11.7 Å². The Morgan fingerprint density at radius 1 is 1.05 bits per heavy atom. The molecule has 0 N–H and O–H groups in total. The Balaban J connectivity index is 2.38. The van der Waals surface area contributed by atoms with E-state index in [4.69, 9.17) is 4.74 Å². The predicted octanol–water partition coefficient (Wildman–Crippen LogP) is 4.18. The number of hydrogen-bond acceptors (Lipinski definition) is 2. The fourth-order valence-corrected chi connectivity index (χ4v) is 2.15. The predicted molar refractivity (Wildman–Crippen MR) is 80.9 cm³/mol. The molecule has 0 saturated heterocycles. The molecule has 1 unspecified atom stereocenters. The lowest BCUT2D eigenvalue weighted by molar-refractivity contribution is 0.103. The zero-order valence-electron chi connectivity index (χ0n) is 11.7. The van der Waals surface area contributed by atoms with Crippen LogP contribution in [0.1, 0.15) is 34.3 Å². The molecule has 0 saturated carbocycles. The minimum absolute atomic E-state index is 0.0545. The Hall–Kier alpha value is -2.35. The van der Waals surface area contributed by atoms with Crippen LogP contribution in [-0.2, 0) is 4.74 Å². The molecule has 2 nitrogen and oxygen atoms in total. The Labute approximate surface area is 119 Å². The van der Waals surface area contributed by atoms with E-state index < -0.39 is 0 Å². The fraction of sp³-hybridized carbons (Fsp3) is 0.167. The summed E-state index contributed by atoms with van der Waals surface area (Å²) in [5.74, 6) is 0.178. The van der Waals surface area contributed by atoms with Crippen LogP contribution in [0.4, 0.5) is 0 Å². The molecule has 0 heterocycles. The number of hydrogen-bond donors (Lipinski definition) is 0. The van der Waals surface area contributed by atoms with Crippen molar-refractivity contribution in [2.45, 2.75) is 12.8 Å². The maximum Gasteiger partial charge on any atom is 0.193 e. The number of carbonyl (C=O) groups excluding carboxylic acids is 1. The fourth-order valence-electron chi connectivity index (χ4n) is 2.15. The standard InChI is InChI=1S/C18H18O2/c1-14(12-13-20-2)16-10-6-7-11-17(16)18(19)15-8-4-3-5-9-15/h3-14H,1-2H3/b13-12+. The summed E-state index contributed by atoms with van der Waals surface area (Å²) in [6.07, 6.45) is 3.59. The van der Waals surface area contributed by atoms with E-state index in [1.807, 2.05) is 67.6 Å². The molecule has 0 aliphatic rings. The van der Waals surface area contributed by atoms with Gasteiger partial charge in [-0.15, -0.1) is 0 Å².